The van der Waals surface area contributed by atoms with Gasteiger partial charge in [-0.2, -0.15) is 0 Å². The first-order valence-electron chi connectivity index (χ1n) is 21.5. The average molecular weight is 762 g/mol. The minimum absolute atomic E-state index is 0.191. The summed E-state index contributed by atoms with van der Waals surface area (Å²) in [6, 6.07) is -0.809. The third-order valence-electron chi connectivity index (χ3n) is 9.85. The fourth-order valence-electron chi connectivity index (χ4n) is 6.38. The van der Waals surface area contributed by atoms with Crippen LogP contribution in [0.25, 0.3) is 0 Å². The van der Waals surface area contributed by atoms with Crippen LogP contribution >= 0.6 is 0 Å². The van der Waals surface area contributed by atoms with Gasteiger partial charge in [-0.1, -0.05) is 158 Å². The molecule has 7 unspecified atom stereocenters. The molecule has 1 aliphatic heterocycles. The van der Waals surface area contributed by atoms with Crippen molar-refractivity contribution in [2.75, 3.05) is 13.2 Å². The molecule has 0 spiro atoms. The molecule has 0 aromatic heterocycles. The lowest BCUT2D eigenvalue weighted by molar-refractivity contribution is -0.302. The molecule has 1 saturated heterocycles. The Hall–Kier alpha value is -2.11. The van der Waals surface area contributed by atoms with Crippen LogP contribution in [0.3, 0.4) is 0 Å². The smallest absolute Gasteiger partial charge is 0.220 e. The molecule has 1 aliphatic rings. The monoisotopic (exact) mass is 762 g/mol. The second-order valence-corrected chi connectivity index (χ2v) is 14.8. The van der Waals surface area contributed by atoms with Crippen molar-refractivity contribution in [1.82, 2.24) is 5.32 Å². The second-order valence-electron chi connectivity index (χ2n) is 14.8. The van der Waals surface area contributed by atoms with Crippen LogP contribution in [0, 0.1) is 0 Å². The summed E-state index contributed by atoms with van der Waals surface area (Å²) in [5.41, 5.74) is 0. The molecule has 0 radical (unpaired) electrons. The topological polar surface area (TPSA) is 149 Å². The fraction of sp³-hybridized carbons (Fsp3) is 0.756. The van der Waals surface area contributed by atoms with Gasteiger partial charge in [0.15, 0.2) is 6.29 Å². The molecule has 1 heterocycles. The molecule has 1 fully saturated rings. The molecule has 7 atom stereocenters. The number of amides is 1. The van der Waals surface area contributed by atoms with Crippen LogP contribution < -0.4 is 5.32 Å². The number of aliphatic hydroxyl groups excluding tert-OH is 5. The summed E-state index contributed by atoms with van der Waals surface area (Å²) in [5.74, 6) is -0.191. The summed E-state index contributed by atoms with van der Waals surface area (Å²) in [6.07, 6.45) is 38.3. The van der Waals surface area contributed by atoms with Gasteiger partial charge in [-0.05, 0) is 57.8 Å². The fourth-order valence-corrected chi connectivity index (χ4v) is 6.38. The third-order valence-corrected chi connectivity index (χ3v) is 9.85. The molecule has 9 heteroatoms. The Kier molecular flexibility index (Phi) is 32.6. The zero-order chi connectivity index (χ0) is 39.5. The van der Waals surface area contributed by atoms with Gasteiger partial charge in [0.2, 0.25) is 5.91 Å². The number of unbranched alkanes of at least 4 members (excludes halogenated alkanes) is 16. The van der Waals surface area contributed by atoms with Crippen LogP contribution in [-0.4, -0.2) is 87.5 Å². The molecule has 0 aromatic rings. The predicted molar refractivity (Wildman–Crippen MR) is 221 cm³/mol. The number of rotatable bonds is 34. The summed E-state index contributed by atoms with van der Waals surface area (Å²) in [5, 5.41) is 54.0. The third kappa shape index (κ3) is 25.9. The number of allylic oxidation sites excluding steroid dienone is 9. The Morgan fingerprint density at radius 2 is 1.15 bits per heavy atom. The quantitative estimate of drug-likeness (QED) is 0.0283. The number of ether oxygens (including phenoxy) is 2. The number of hydrogen-bond donors (Lipinski definition) is 6. The highest BCUT2D eigenvalue weighted by Gasteiger charge is 2.44. The predicted octanol–water partition coefficient (Wildman–Crippen LogP) is 8.44. The summed E-state index contributed by atoms with van der Waals surface area (Å²) in [4.78, 5) is 12.9. The maximum absolute atomic E-state index is 12.9. The highest BCUT2D eigenvalue weighted by atomic mass is 16.7. The van der Waals surface area contributed by atoms with E-state index in [4.69, 9.17) is 9.47 Å². The van der Waals surface area contributed by atoms with Crippen molar-refractivity contribution in [3.8, 4) is 0 Å². The van der Waals surface area contributed by atoms with Gasteiger partial charge in [-0.3, -0.25) is 4.79 Å². The van der Waals surface area contributed by atoms with Crippen LogP contribution in [0.4, 0.5) is 0 Å². The van der Waals surface area contributed by atoms with Gasteiger partial charge >= 0.3 is 0 Å². The van der Waals surface area contributed by atoms with Gasteiger partial charge in [0.05, 0.1) is 25.4 Å². The Balaban J connectivity index is 2.34. The van der Waals surface area contributed by atoms with Crippen LogP contribution in [0.5, 0.6) is 0 Å². The van der Waals surface area contributed by atoms with E-state index in [1.807, 2.05) is 6.08 Å². The van der Waals surface area contributed by atoms with Gasteiger partial charge in [0, 0.05) is 6.42 Å². The van der Waals surface area contributed by atoms with E-state index in [-0.39, 0.29) is 12.5 Å². The highest BCUT2D eigenvalue weighted by molar-refractivity contribution is 5.76. The van der Waals surface area contributed by atoms with E-state index in [0.29, 0.717) is 6.42 Å². The van der Waals surface area contributed by atoms with Gasteiger partial charge in [-0.25, -0.2) is 0 Å². The molecule has 0 aromatic carbocycles. The number of hydrogen-bond acceptors (Lipinski definition) is 8. The Bertz CT molecular complexity index is 1030. The van der Waals surface area contributed by atoms with E-state index in [1.54, 1.807) is 6.08 Å². The molecule has 0 aliphatic carbocycles. The molecule has 9 nitrogen and oxygen atoms in total. The van der Waals surface area contributed by atoms with Crippen molar-refractivity contribution in [1.29, 1.82) is 0 Å². The average Bonchev–Trinajstić information content (AvgIpc) is 3.17. The van der Waals surface area contributed by atoms with Gasteiger partial charge in [0.1, 0.15) is 24.4 Å². The molecule has 1 rings (SSSR count). The van der Waals surface area contributed by atoms with Crippen molar-refractivity contribution < 1.29 is 39.8 Å². The molecule has 1 amide bonds. The minimum atomic E-state index is -1.57. The lowest BCUT2D eigenvalue weighted by atomic mass is 9.99. The second kappa shape index (κ2) is 35.3. The Morgan fingerprint density at radius 1 is 0.648 bits per heavy atom. The first-order valence-corrected chi connectivity index (χ1v) is 21.5. The van der Waals surface area contributed by atoms with E-state index < -0.39 is 49.5 Å². The van der Waals surface area contributed by atoms with E-state index >= 15 is 0 Å². The molecule has 6 N–H and O–H groups in total. The van der Waals surface area contributed by atoms with E-state index in [2.05, 4.69) is 67.8 Å². The molecule has 0 bridgehead atoms. The van der Waals surface area contributed by atoms with Crippen LogP contribution in [-0.2, 0) is 14.3 Å². The Labute approximate surface area is 328 Å². The minimum Gasteiger partial charge on any atom is -0.394 e. The molecular formula is C45H79NO8. The first-order chi connectivity index (χ1) is 26.3. The van der Waals surface area contributed by atoms with E-state index in [9.17, 15) is 30.3 Å². The lowest BCUT2D eigenvalue weighted by Gasteiger charge is -2.40. The molecule has 0 saturated carbocycles. The maximum atomic E-state index is 12.9. The van der Waals surface area contributed by atoms with Crippen molar-refractivity contribution in [3.63, 3.8) is 0 Å². The maximum Gasteiger partial charge on any atom is 0.220 e. The van der Waals surface area contributed by atoms with Crippen molar-refractivity contribution in [2.45, 2.75) is 204 Å². The Morgan fingerprint density at radius 3 is 1.70 bits per heavy atom. The summed E-state index contributed by atoms with van der Waals surface area (Å²) >= 11 is 0. The number of carbonyl (C=O) groups excluding carboxylic acids is 1. The molecule has 54 heavy (non-hydrogen) atoms. The standard InChI is InChI=1S/C45H79NO8/c1-3-5-7-9-11-13-15-16-17-18-19-20-21-22-23-24-25-27-29-31-33-35-41(49)46-38(37-53-45-44(52)43(51)42(50)40(36-47)54-45)39(48)34-32-30-28-26-14-12-10-8-6-4-2/h5,7,11,13,16-17,19-20,32,34,38-40,42-45,47-48,50-52H,3-4,6,8-10,12,14-15,18,21-31,33,35-37H2,1-2H3,(H,46,49)/b7-5-,13-11-,17-16-,20-19-,34-32+. The summed E-state index contributed by atoms with van der Waals surface area (Å²) < 4.78 is 11.2. The molecule has 312 valence electrons. The first kappa shape index (κ1) is 49.9. The number of carbonyl (C=O) groups is 1. The van der Waals surface area contributed by atoms with E-state index in [1.165, 1.54) is 64.2 Å². The van der Waals surface area contributed by atoms with E-state index in [0.717, 1.165) is 77.0 Å². The zero-order valence-corrected chi connectivity index (χ0v) is 34.0. The van der Waals surface area contributed by atoms with Gasteiger partial charge in [0.25, 0.3) is 0 Å². The van der Waals surface area contributed by atoms with Gasteiger partial charge < -0.3 is 40.3 Å². The SMILES string of the molecule is CC/C=C\C/C=C\C/C=C\C/C=C\CCCCCCCCCCC(=O)NC(COC1OC(CO)C(O)C(O)C1O)C(O)/C=C/CCCCCCCCCC. The van der Waals surface area contributed by atoms with Crippen molar-refractivity contribution in [2.24, 2.45) is 0 Å². The number of nitrogens with one attached hydrogen (secondary N) is 1. The molecular weight excluding hydrogens is 682 g/mol. The summed E-state index contributed by atoms with van der Waals surface area (Å²) in [7, 11) is 0. The normalized spacial score (nSPS) is 22.1. The zero-order valence-electron chi connectivity index (χ0n) is 34.0. The van der Waals surface area contributed by atoms with Gasteiger partial charge in [-0.15, -0.1) is 0 Å². The van der Waals surface area contributed by atoms with Crippen LogP contribution in [0.15, 0.2) is 60.8 Å². The summed E-state index contributed by atoms with van der Waals surface area (Å²) in [6.45, 7) is 3.61. The number of aliphatic hydroxyl groups is 5. The van der Waals surface area contributed by atoms with Crippen molar-refractivity contribution in [3.05, 3.63) is 60.8 Å². The van der Waals surface area contributed by atoms with Crippen molar-refractivity contribution >= 4 is 5.91 Å². The largest absolute Gasteiger partial charge is 0.394 e. The highest BCUT2D eigenvalue weighted by Crippen LogP contribution is 2.22. The lowest BCUT2D eigenvalue weighted by Crippen LogP contribution is -2.60. The van der Waals surface area contributed by atoms with Crippen LogP contribution in [0.2, 0.25) is 0 Å². The van der Waals surface area contributed by atoms with Crippen LogP contribution in [0.1, 0.15) is 162 Å².